The van der Waals surface area contributed by atoms with Crippen LogP contribution in [0.3, 0.4) is 0 Å². The van der Waals surface area contributed by atoms with Crippen LogP contribution in [0.1, 0.15) is 6.92 Å². The van der Waals surface area contributed by atoms with Gasteiger partial charge in [-0.3, -0.25) is 0 Å². The first kappa shape index (κ1) is 23.0. The summed E-state index contributed by atoms with van der Waals surface area (Å²) in [6.45, 7) is 20.7. The van der Waals surface area contributed by atoms with Crippen LogP contribution in [-0.4, -0.2) is 46.8 Å². The lowest BCUT2D eigenvalue weighted by molar-refractivity contribution is -0.136. The van der Waals surface area contributed by atoms with Gasteiger partial charge in [-0.15, -0.1) is 0 Å². The molecule has 0 aliphatic carbocycles. The average Bonchev–Trinajstić information content (AvgIpc) is 2.19. The van der Waals surface area contributed by atoms with E-state index in [4.69, 9.17) is 17.1 Å². The number of hydrogen-bond acceptors (Lipinski definition) is 5. The van der Waals surface area contributed by atoms with Crippen molar-refractivity contribution in [1.82, 2.24) is 0 Å². The highest BCUT2D eigenvalue weighted by atomic mass is 28.5. The Morgan fingerprint density at radius 2 is 1.04 bits per heavy atom. The molecule has 0 heterocycles. The summed E-state index contributed by atoms with van der Waals surface area (Å²) in [4.78, 5) is 11.9. The molecule has 0 aromatic rings. The summed E-state index contributed by atoms with van der Waals surface area (Å²) in [7, 11) is -7.58. The topological polar surface area (TPSA) is 54.0 Å². The summed E-state index contributed by atoms with van der Waals surface area (Å²) in [5.41, 5.74) is 2.27. The standard InChI is InChI=1S/C14H34O5Si4/c1-13(14(15)16-2)12-23(17-20(3,4)5,18-21(6,7)8)19-22(9,10)11/h12H,1-11H3/b13-12+. The van der Waals surface area contributed by atoms with Crippen molar-refractivity contribution >= 4 is 39.7 Å². The van der Waals surface area contributed by atoms with Crippen molar-refractivity contribution in [2.45, 2.75) is 65.8 Å². The van der Waals surface area contributed by atoms with Gasteiger partial charge in [-0.25, -0.2) is 4.79 Å². The van der Waals surface area contributed by atoms with Crippen LogP contribution in [0.2, 0.25) is 58.9 Å². The minimum absolute atomic E-state index is 0.376. The quantitative estimate of drug-likeness (QED) is 0.352. The third kappa shape index (κ3) is 10.4. The van der Waals surface area contributed by atoms with Gasteiger partial charge in [0.05, 0.1) is 7.11 Å². The second-order valence-electron chi connectivity index (χ2n) is 8.57. The largest absolute Gasteiger partial charge is 0.498 e. The molecule has 0 amide bonds. The van der Waals surface area contributed by atoms with Crippen molar-refractivity contribution in [2.75, 3.05) is 7.11 Å². The highest BCUT2D eigenvalue weighted by Crippen LogP contribution is 2.27. The van der Waals surface area contributed by atoms with E-state index in [0.717, 1.165) is 0 Å². The molecule has 0 aliphatic heterocycles. The van der Waals surface area contributed by atoms with Gasteiger partial charge >= 0.3 is 14.8 Å². The van der Waals surface area contributed by atoms with Crippen LogP contribution in [0.15, 0.2) is 11.3 Å². The number of methoxy groups -OCH3 is 1. The van der Waals surface area contributed by atoms with E-state index in [1.807, 2.05) is 0 Å². The molecule has 0 unspecified atom stereocenters. The normalized spacial score (nSPS) is 14.8. The van der Waals surface area contributed by atoms with E-state index in [1.54, 1.807) is 12.6 Å². The molecule has 0 fully saturated rings. The Morgan fingerprint density at radius 3 is 1.26 bits per heavy atom. The van der Waals surface area contributed by atoms with E-state index >= 15 is 0 Å². The molecule has 9 heteroatoms. The van der Waals surface area contributed by atoms with Gasteiger partial charge < -0.3 is 17.1 Å². The molecule has 0 aliphatic rings. The van der Waals surface area contributed by atoms with E-state index in [-0.39, 0.29) is 5.97 Å². The number of ether oxygens (including phenoxy) is 1. The van der Waals surface area contributed by atoms with Crippen LogP contribution in [0, 0.1) is 0 Å². The maximum Gasteiger partial charge on any atom is 0.498 e. The van der Waals surface area contributed by atoms with Crippen LogP contribution < -0.4 is 0 Å². The molecule has 0 bridgehead atoms. The number of rotatable bonds is 8. The summed E-state index contributed by atoms with van der Waals surface area (Å²) in [5, 5.41) is 0. The predicted molar refractivity (Wildman–Crippen MR) is 105 cm³/mol. The minimum atomic E-state index is -3.12. The molecule has 0 aromatic carbocycles. The molecule has 5 nitrogen and oxygen atoms in total. The van der Waals surface area contributed by atoms with Gasteiger partial charge in [-0.2, -0.15) is 0 Å². The first-order valence-electron chi connectivity index (χ1n) is 7.87. The Hall–Kier alpha value is -0.0425. The molecule has 0 spiro atoms. The van der Waals surface area contributed by atoms with Crippen molar-refractivity contribution in [3.63, 3.8) is 0 Å². The zero-order valence-corrected chi connectivity index (χ0v) is 20.6. The van der Waals surface area contributed by atoms with Crippen molar-refractivity contribution in [2.24, 2.45) is 0 Å². The molecule has 0 aromatic heterocycles. The van der Waals surface area contributed by atoms with Gasteiger partial charge in [0.15, 0.2) is 25.0 Å². The monoisotopic (exact) mass is 394 g/mol. The molecule has 23 heavy (non-hydrogen) atoms. The SMILES string of the molecule is COC(=O)/C(C)=C/[Si](O[Si](C)(C)C)(O[Si](C)(C)C)O[Si](C)(C)C. The Morgan fingerprint density at radius 1 is 0.739 bits per heavy atom. The summed E-state index contributed by atoms with van der Waals surface area (Å²) >= 11 is 0. The first-order valence-corrected chi connectivity index (χ1v) is 19.9. The second kappa shape index (κ2) is 7.89. The Balaban J connectivity index is 6.07. The third-order valence-electron chi connectivity index (χ3n) is 2.25. The van der Waals surface area contributed by atoms with E-state index in [1.165, 1.54) is 7.11 Å². The van der Waals surface area contributed by atoms with Crippen molar-refractivity contribution in [1.29, 1.82) is 0 Å². The summed E-state index contributed by atoms with van der Waals surface area (Å²) in [6, 6.07) is 0. The molecular weight excluding hydrogens is 360 g/mol. The fourth-order valence-corrected chi connectivity index (χ4v) is 15.1. The van der Waals surface area contributed by atoms with Crippen molar-refractivity contribution in [3.8, 4) is 0 Å². The predicted octanol–water partition coefficient (Wildman–Crippen LogP) is 4.14. The average molecular weight is 395 g/mol. The second-order valence-corrected chi connectivity index (χ2v) is 25.2. The molecule has 0 radical (unpaired) electrons. The van der Waals surface area contributed by atoms with E-state index < -0.39 is 33.8 Å². The minimum Gasteiger partial charge on any atom is -0.466 e. The zero-order valence-electron chi connectivity index (χ0n) is 16.6. The molecule has 0 rings (SSSR count). The summed E-state index contributed by atoms with van der Waals surface area (Å²) in [5.74, 6) is -0.376. The summed E-state index contributed by atoms with van der Waals surface area (Å²) < 4.78 is 24.2. The van der Waals surface area contributed by atoms with Crippen LogP contribution in [0.4, 0.5) is 0 Å². The molecule has 136 valence electrons. The fraction of sp³-hybridized carbons (Fsp3) is 0.786. The first-order chi connectivity index (χ1) is 9.99. The van der Waals surface area contributed by atoms with Gasteiger partial charge in [0.1, 0.15) is 0 Å². The smallest absolute Gasteiger partial charge is 0.466 e. The van der Waals surface area contributed by atoms with Crippen LogP contribution >= 0.6 is 0 Å². The number of carbonyl (C=O) groups excluding carboxylic acids is 1. The van der Waals surface area contributed by atoms with Crippen LogP contribution in [0.25, 0.3) is 0 Å². The Kier molecular flexibility index (Phi) is 7.88. The number of hydrogen-bond donors (Lipinski definition) is 0. The van der Waals surface area contributed by atoms with E-state index in [2.05, 4.69) is 58.9 Å². The zero-order chi connectivity index (χ0) is 18.7. The fourth-order valence-electron chi connectivity index (χ4n) is 1.92. The van der Waals surface area contributed by atoms with E-state index in [0.29, 0.717) is 5.57 Å². The lowest BCUT2D eigenvalue weighted by atomic mass is 10.4. The molecule has 0 atom stereocenters. The molecule has 0 saturated heterocycles. The van der Waals surface area contributed by atoms with E-state index in [9.17, 15) is 4.79 Å². The van der Waals surface area contributed by atoms with Gasteiger partial charge in [-0.1, -0.05) is 0 Å². The number of esters is 1. The number of carbonyl (C=O) groups is 1. The van der Waals surface area contributed by atoms with Crippen LogP contribution in [-0.2, 0) is 21.9 Å². The molecular formula is C14H34O5Si4. The highest BCUT2D eigenvalue weighted by Gasteiger charge is 2.49. The lowest BCUT2D eigenvalue weighted by Crippen LogP contribution is -2.59. The highest BCUT2D eigenvalue weighted by molar-refractivity contribution is 6.92. The summed E-state index contributed by atoms with van der Waals surface area (Å²) in [6.07, 6.45) is 0. The van der Waals surface area contributed by atoms with Gasteiger partial charge in [0, 0.05) is 5.57 Å². The van der Waals surface area contributed by atoms with Gasteiger partial charge in [-0.05, 0) is 71.5 Å². The maximum absolute atomic E-state index is 11.9. The van der Waals surface area contributed by atoms with Crippen molar-refractivity contribution in [3.05, 3.63) is 11.3 Å². The molecule has 0 saturated carbocycles. The Bertz CT molecular complexity index is 403. The van der Waals surface area contributed by atoms with Gasteiger partial charge in [0.25, 0.3) is 0 Å². The molecule has 0 N–H and O–H groups in total. The maximum atomic E-state index is 11.9. The van der Waals surface area contributed by atoms with Crippen molar-refractivity contribution < 1.29 is 21.9 Å². The lowest BCUT2D eigenvalue weighted by Gasteiger charge is -2.41. The van der Waals surface area contributed by atoms with Gasteiger partial charge in [0.2, 0.25) is 0 Å². The van der Waals surface area contributed by atoms with Crippen LogP contribution in [0.5, 0.6) is 0 Å². The third-order valence-corrected chi connectivity index (χ3v) is 13.8. The Labute approximate surface area is 146 Å².